The molecule has 0 aromatic heterocycles. The van der Waals surface area contributed by atoms with E-state index >= 15 is 0 Å². The van der Waals surface area contributed by atoms with Crippen molar-refractivity contribution in [3.05, 3.63) is 29.8 Å². The lowest BCUT2D eigenvalue weighted by Gasteiger charge is -2.40. The quantitative estimate of drug-likeness (QED) is 0.822. The molecule has 0 N–H and O–H groups in total. The molecule has 0 bridgehead atoms. The number of piperazine rings is 1. The number of carbonyl (C=O) groups excluding carboxylic acids is 1. The topological polar surface area (TPSA) is 42.0 Å². The van der Waals surface area contributed by atoms with Crippen LogP contribution in [0.4, 0.5) is 0 Å². The molecule has 0 unspecified atom stereocenters. The number of hydrogen-bond acceptors (Lipinski definition) is 4. The predicted molar refractivity (Wildman–Crippen MR) is 97.6 cm³/mol. The lowest BCUT2D eigenvalue weighted by Crippen LogP contribution is -2.51. The molecule has 0 aliphatic carbocycles. The number of ether oxygens (including phenoxy) is 2. The maximum atomic E-state index is 12.6. The molecule has 5 heteroatoms. The second-order valence-electron chi connectivity index (χ2n) is 7.87. The smallest absolute Gasteiger partial charge is 0.237 e. The Hall–Kier alpha value is -1.59. The molecule has 1 aromatic carbocycles. The molecule has 2 aliphatic rings. The summed E-state index contributed by atoms with van der Waals surface area (Å²) in [6.07, 6.45) is 2.17. The lowest BCUT2D eigenvalue weighted by atomic mass is 9.88. The number of benzene rings is 1. The second kappa shape index (κ2) is 7.75. The zero-order valence-electron chi connectivity index (χ0n) is 15.7. The van der Waals surface area contributed by atoms with E-state index < -0.39 is 0 Å². The number of carbonyl (C=O) groups is 1. The van der Waals surface area contributed by atoms with E-state index in [0.29, 0.717) is 19.0 Å². The molecule has 138 valence electrons. The van der Waals surface area contributed by atoms with Gasteiger partial charge in [0, 0.05) is 32.8 Å². The summed E-state index contributed by atoms with van der Waals surface area (Å²) in [6, 6.07) is 7.95. The van der Waals surface area contributed by atoms with Crippen molar-refractivity contribution in [1.29, 1.82) is 0 Å². The van der Waals surface area contributed by atoms with Gasteiger partial charge in [-0.2, -0.15) is 0 Å². The van der Waals surface area contributed by atoms with Gasteiger partial charge in [0.2, 0.25) is 5.91 Å². The number of rotatable bonds is 5. The van der Waals surface area contributed by atoms with Gasteiger partial charge >= 0.3 is 0 Å². The van der Waals surface area contributed by atoms with E-state index in [1.165, 1.54) is 0 Å². The van der Waals surface area contributed by atoms with Crippen molar-refractivity contribution in [2.45, 2.75) is 38.8 Å². The zero-order chi connectivity index (χ0) is 17.9. The fourth-order valence-corrected chi connectivity index (χ4v) is 3.95. The highest BCUT2D eigenvalue weighted by Gasteiger charge is 2.32. The van der Waals surface area contributed by atoms with E-state index in [1.807, 2.05) is 29.2 Å². The van der Waals surface area contributed by atoms with Crippen molar-refractivity contribution < 1.29 is 14.3 Å². The average Bonchev–Trinajstić information content (AvgIpc) is 2.57. The van der Waals surface area contributed by atoms with Gasteiger partial charge < -0.3 is 14.4 Å². The van der Waals surface area contributed by atoms with Crippen LogP contribution in [0.2, 0.25) is 0 Å². The molecule has 2 aliphatic heterocycles. The Kier molecular flexibility index (Phi) is 5.64. The van der Waals surface area contributed by atoms with Crippen molar-refractivity contribution in [2.75, 3.05) is 39.9 Å². The molecule has 5 nitrogen and oxygen atoms in total. The molecular formula is C20H30N2O3. The first-order valence-corrected chi connectivity index (χ1v) is 9.22. The van der Waals surface area contributed by atoms with Crippen LogP contribution in [0, 0.1) is 5.92 Å². The van der Waals surface area contributed by atoms with E-state index in [4.69, 9.17) is 9.47 Å². The van der Waals surface area contributed by atoms with Gasteiger partial charge in [0.1, 0.15) is 5.75 Å². The van der Waals surface area contributed by atoms with E-state index in [-0.39, 0.29) is 11.5 Å². The Morgan fingerprint density at radius 3 is 2.88 bits per heavy atom. The summed E-state index contributed by atoms with van der Waals surface area (Å²) in [5.74, 6) is 1.69. The molecule has 0 radical (unpaired) electrons. The maximum Gasteiger partial charge on any atom is 0.237 e. The number of nitrogens with zero attached hydrogens (tertiary/aromatic N) is 2. The monoisotopic (exact) mass is 346 g/mol. The second-order valence-corrected chi connectivity index (χ2v) is 7.87. The molecule has 1 amide bonds. The first-order chi connectivity index (χ1) is 11.9. The van der Waals surface area contributed by atoms with Gasteiger partial charge in [-0.1, -0.05) is 12.1 Å². The SMILES string of the molecule is COc1cccc(CN2CCN(C[C@H]3CCOC(C)(C)C3)CC2=O)c1. The van der Waals surface area contributed by atoms with Crippen LogP contribution >= 0.6 is 0 Å². The van der Waals surface area contributed by atoms with Gasteiger partial charge in [0.05, 0.1) is 19.3 Å². The van der Waals surface area contributed by atoms with E-state index in [0.717, 1.165) is 50.4 Å². The van der Waals surface area contributed by atoms with Crippen molar-refractivity contribution in [3.63, 3.8) is 0 Å². The van der Waals surface area contributed by atoms with Crippen LogP contribution in [-0.2, 0) is 16.1 Å². The van der Waals surface area contributed by atoms with Crippen molar-refractivity contribution in [1.82, 2.24) is 9.80 Å². The molecule has 2 saturated heterocycles. The Bertz CT molecular complexity index is 602. The van der Waals surface area contributed by atoms with Gasteiger partial charge in [0.15, 0.2) is 0 Å². The fourth-order valence-electron chi connectivity index (χ4n) is 3.95. The Morgan fingerprint density at radius 1 is 1.32 bits per heavy atom. The van der Waals surface area contributed by atoms with Gasteiger partial charge in [-0.25, -0.2) is 0 Å². The van der Waals surface area contributed by atoms with E-state index in [1.54, 1.807) is 7.11 Å². The summed E-state index contributed by atoms with van der Waals surface area (Å²) < 4.78 is 11.1. The summed E-state index contributed by atoms with van der Waals surface area (Å²) in [7, 11) is 1.67. The molecule has 1 atom stereocenters. The third-order valence-corrected chi connectivity index (χ3v) is 5.22. The van der Waals surface area contributed by atoms with Gasteiger partial charge in [-0.3, -0.25) is 9.69 Å². The lowest BCUT2D eigenvalue weighted by molar-refractivity contribution is -0.137. The summed E-state index contributed by atoms with van der Waals surface area (Å²) >= 11 is 0. The van der Waals surface area contributed by atoms with Crippen LogP contribution in [0.15, 0.2) is 24.3 Å². The molecule has 2 heterocycles. The summed E-state index contributed by atoms with van der Waals surface area (Å²) in [6.45, 7) is 9.10. The molecule has 0 saturated carbocycles. The minimum absolute atomic E-state index is 0.0267. The van der Waals surface area contributed by atoms with E-state index in [9.17, 15) is 4.79 Å². The number of amides is 1. The molecular weight excluding hydrogens is 316 g/mol. The molecule has 25 heavy (non-hydrogen) atoms. The van der Waals surface area contributed by atoms with Crippen LogP contribution in [0.3, 0.4) is 0 Å². The zero-order valence-corrected chi connectivity index (χ0v) is 15.7. The van der Waals surface area contributed by atoms with Crippen LogP contribution < -0.4 is 4.74 Å². The summed E-state index contributed by atoms with van der Waals surface area (Å²) in [5, 5.41) is 0. The van der Waals surface area contributed by atoms with Crippen LogP contribution in [0.25, 0.3) is 0 Å². The molecule has 2 fully saturated rings. The number of methoxy groups -OCH3 is 1. The molecule has 3 rings (SSSR count). The minimum atomic E-state index is -0.0267. The van der Waals surface area contributed by atoms with E-state index in [2.05, 4.69) is 18.7 Å². The molecule has 1 aromatic rings. The fraction of sp³-hybridized carbons (Fsp3) is 0.650. The van der Waals surface area contributed by atoms with Crippen LogP contribution in [-0.4, -0.2) is 61.2 Å². The Balaban J connectivity index is 1.51. The van der Waals surface area contributed by atoms with Crippen LogP contribution in [0.5, 0.6) is 5.75 Å². The average molecular weight is 346 g/mol. The normalized spacial score (nSPS) is 24.4. The summed E-state index contributed by atoms with van der Waals surface area (Å²) in [4.78, 5) is 16.8. The highest BCUT2D eigenvalue weighted by Crippen LogP contribution is 2.29. The minimum Gasteiger partial charge on any atom is -0.497 e. The molecule has 0 spiro atoms. The first-order valence-electron chi connectivity index (χ1n) is 9.22. The maximum absolute atomic E-state index is 12.6. The van der Waals surface area contributed by atoms with Crippen molar-refractivity contribution >= 4 is 5.91 Å². The predicted octanol–water partition coefficient (Wildman–Crippen LogP) is 2.54. The van der Waals surface area contributed by atoms with Crippen molar-refractivity contribution in [3.8, 4) is 5.75 Å². The van der Waals surface area contributed by atoms with Gasteiger partial charge in [-0.05, 0) is 50.3 Å². The third kappa shape index (κ3) is 4.95. The first kappa shape index (κ1) is 18.2. The largest absolute Gasteiger partial charge is 0.497 e. The third-order valence-electron chi connectivity index (χ3n) is 5.22. The highest BCUT2D eigenvalue weighted by atomic mass is 16.5. The van der Waals surface area contributed by atoms with Crippen LogP contribution in [0.1, 0.15) is 32.3 Å². The Morgan fingerprint density at radius 2 is 2.16 bits per heavy atom. The standard InChI is InChI=1S/C20H30N2O3/c1-20(2)12-17(7-10-25-20)13-21-8-9-22(19(23)15-21)14-16-5-4-6-18(11-16)24-3/h4-6,11,17H,7-10,12-15H2,1-3H3/t17-/m0/s1. The Labute approximate surface area is 150 Å². The number of hydrogen-bond donors (Lipinski definition) is 0. The summed E-state index contributed by atoms with van der Waals surface area (Å²) in [5.41, 5.74) is 1.09. The van der Waals surface area contributed by atoms with Crippen molar-refractivity contribution in [2.24, 2.45) is 5.92 Å². The van der Waals surface area contributed by atoms with Gasteiger partial charge in [0.25, 0.3) is 0 Å². The van der Waals surface area contributed by atoms with Gasteiger partial charge in [-0.15, -0.1) is 0 Å². The highest BCUT2D eigenvalue weighted by molar-refractivity contribution is 5.79.